The largest absolute Gasteiger partial charge is 0.351 e. The molecule has 0 spiro atoms. The highest BCUT2D eigenvalue weighted by Crippen LogP contribution is 2.12. The van der Waals surface area contributed by atoms with Crippen molar-refractivity contribution >= 4 is 16.9 Å². The number of hydrogen-bond acceptors (Lipinski definition) is 4. The SMILES string of the molecule is CCn1c(=O)c(=O)[nH]c2cc(C(=O)NCCN(C(C)C)C(C)C)ccc21. The molecule has 1 aromatic heterocycles. The number of nitrogens with one attached hydrogen (secondary N) is 2. The number of fused-ring (bicyclic) bond motifs is 1. The summed E-state index contributed by atoms with van der Waals surface area (Å²) in [5, 5.41) is 2.92. The van der Waals surface area contributed by atoms with Crippen LogP contribution in [0.3, 0.4) is 0 Å². The van der Waals surface area contributed by atoms with Crippen molar-refractivity contribution in [1.29, 1.82) is 0 Å². The van der Waals surface area contributed by atoms with Crippen LogP contribution in [0, 0.1) is 0 Å². The number of hydrogen-bond donors (Lipinski definition) is 2. The number of aryl methyl sites for hydroxylation is 1. The van der Waals surface area contributed by atoms with Gasteiger partial charge in [0.15, 0.2) is 0 Å². The molecular weight excluding hydrogens is 332 g/mol. The van der Waals surface area contributed by atoms with Gasteiger partial charge in [0.25, 0.3) is 5.91 Å². The van der Waals surface area contributed by atoms with Gasteiger partial charge in [-0.05, 0) is 52.8 Å². The third-order valence-corrected chi connectivity index (χ3v) is 4.54. The molecule has 7 nitrogen and oxygen atoms in total. The first-order chi connectivity index (χ1) is 12.3. The summed E-state index contributed by atoms with van der Waals surface area (Å²) in [4.78, 5) is 40.9. The molecule has 2 rings (SSSR count). The Bertz CT molecular complexity index is 888. The summed E-state index contributed by atoms with van der Waals surface area (Å²) in [5.74, 6) is -0.200. The van der Waals surface area contributed by atoms with E-state index in [0.717, 1.165) is 6.54 Å². The summed E-state index contributed by atoms with van der Waals surface area (Å²) in [6.07, 6.45) is 0. The Hall–Kier alpha value is -2.41. The van der Waals surface area contributed by atoms with Crippen LogP contribution < -0.4 is 16.4 Å². The molecule has 26 heavy (non-hydrogen) atoms. The summed E-state index contributed by atoms with van der Waals surface area (Å²) >= 11 is 0. The molecule has 142 valence electrons. The smallest absolute Gasteiger partial charge is 0.316 e. The number of carbonyl (C=O) groups excluding carboxylic acids is 1. The van der Waals surface area contributed by atoms with E-state index in [2.05, 4.69) is 42.9 Å². The van der Waals surface area contributed by atoms with Gasteiger partial charge in [0, 0.05) is 37.3 Å². The lowest BCUT2D eigenvalue weighted by atomic mass is 10.1. The topological polar surface area (TPSA) is 87.2 Å². The molecule has 0 atom stereocenters. The van der Waals surface area contributed by atoms with E-state index in [4.69, 9.17) is 0 Å². The monoisotopic (exact) mass is 360 g/mol. The van der Waals surface area contributed by atoms with Crippen molar-refractivity contribution in [2.45, 2.75) is 53.2 Å². The van der Waals surface area contributed by atoms with Gasteiger partial charge >= 0.3 is 11.1 Å². The second-order valence-electron chi connectivity index (χ2n) is 6.92. The number of H-pyrrole nitrogens is 1. The van der Waals surface area contributed by atoms with Gasteiger partial charge in [0.05, 0.1) is 11.0 Å². The minimum Gasteiger partial charge on any atom is -0.351 e. The first-order valence-electron chi connectivity index (χ1n) is 9.07. The summed E-state index contributed by atoms with van der Waals surface area (Å²) in [6.45, 7) is 12.0. The Morgan fingerprint density at radius 3 is 2.42 bits per heavy atom. The molecule has 1 heterocycles. The van der Waals surface area contributed by atoms with E-state index in [-0.39, 0.29) is 5.91 Å². The minimum absolute atomic E-state index is 0.200. The lowest BCUT2D eigenvalue weighted by molar-refractivity contribution is 0.0939. The van der Waals surface area contributed by atoms with E-state index in [1.807, 2.05) is 0 Å². The predicted molar refractivity (Wildman–Crippen MR) is 104 cm³/mol. The fourth-order valence-electron chi connectivity index (χ4n) is 3.25. The van der Waals surface area contributed by atoms with Gasteiger partial charge in [-0.25, -0.2) is 0 Å². The quantitative estimate of drug-likeness (QED) is 0.734. The molecule has 2 N–H and O–H groups in total. The van der Waals surface area contributed by atoms with Crippen LogP contribution >= 0.6 is 0 Å². The number of benzene rings is 1. The summed E-state index contributed by atoms with van der Waals surface area (Å²) < 4.78 is 1.40. The average molecular weight is 360 g/mol. The third-order valence-electron chi connectivity index (χ3n) is 4.54. The van der Waals surface area contributed by atoms with Crippen molar-refractivity contribution in [3.8, 4) is 0 Å². The molecule has 1 aromatic carbocycles. The fraction of sp³-hybridized carbons (Fsp3) is 0.526. The Morgan fingerprint density at radius 2 is 1.85 bits per heavy atom. The molecule has 0 unspecified atom stereocenters. The molecule has 0 saturated heterocycles. The van der Waals surface area contributed by atoms with Crippen LogP contribution in [0.15, 0.2) is 27.8 Å². The molecule has 0 aliphatic heterocycles. The summed E-state index contributed by atoms with van der Waals surface area (Å²) in [7, 11) is 0. The number of nitrogens with zero attached hydrogens (tertiary/aromatic N) is 2. The highest BCUT2D eigenvalue weighted by Gasteiger charge is 2.14. The van der Waals surface area contributed by atoms with E-state index in [1.165, 1.54) is 4.57 Å². The molecular formula is C19H28N4O3. The zero-order valence-corrected chi connectivity index (χ0v) is 16.1. The van der Waals surface area contributed by atoms with Gasteiger partial charge in [-0.1, -0.05) is 0 Å². The first kappa shape index (κ1) is 19.9. The van der Waals surface area contributed by atoms with E-state index in [9.17, 15) is 14.4 Å². The molecule has 0 saturated carbocycles. The van der Waals surface area contributed by atoms with Crippen LogP contribution in [0.1, 0.15) is 45.0 Å². The lowest BCUT2D eigenvalue weighted by Crippen LogP contribution is -2.42. The number of carbonyl (C=O) groups is 1. The fourth-order valence-corrected chi connectivity index (χ4v) is 3.25. The van der Waals surface area contributed by atoms with Crippen molar-refractivity contribution in [3.63, 3.8) is 0 Å². The van der Waals surface area contributed by atoms with Crippen molar-refractivity contribution < 1.29 is 4.79 Å². The summed E-state index contributed by atoms with van der Waals surface area (Å²) in [6, 6.07) is 5.79. The van der Waals surface area contributed by atoms with Crippen molar-refractivity contribution in [2.24, 2.45) is 0 Å². The Morgan fingerprint density at radius 1 is 1.19 bits per heavy atom. The van der Waals surface area contributed by atoms with E-state index >= 15 is 0 Å². The van der Waals surface area contributed by atoms with Crippen LogP contribution in [0.25, 0.3) is 11.0 Å². The van der Waals surface area contributed by atoms with Crippen LogP contribution in [0.2, 0.25) is 0 Å². The van der Waals surface area contributed by atoms with Gasteiger partial charge in [-0.2, -0.15) is 0 Å². The molecule has 2 aromatic rings. The minimum atomic E-state index is -0.679. The number of amides is 1. The highest BCUT2D eigenvalue weighted by molar-refractivity contribution is 5.97. The molecule has 0 radical (unpaired) electrons. The van der Waals surface area contributed by atoms with Crippen molar-refractivity contribution in [2.75, 3.05) is 13.1 Å². The lowest BCUT2D eigenvalue weighted by Gasteiger charge is -2.30. The van der Waals surface area contributed by atoms with Crippen molar-refractivity contribution in [1.82, 2.24) is 19.8 Å². The Kier molecular flexibility index (Phi) is 6.37. The van der Waals surface area contributed by atoms with Gasteiger partial charge in [-0.3, -0.25) is 19.3 Å². The predicted octanol–water partition coefficient (Wildman–Crippen LogP) is 1.56. The van der Waals surface area contributed by atoms with E-state index < -0.39 is 11.1 Å². The molecule has 7 heteroatoms. The van der Waals surface area contributed by atoms with Gasteiger partial charge in [0.1, 0.15) is 0 Å². The maximum Gasteiger partial charge on any atom is 0.316 e. The van der Waals surface area contributed by atoms with Crippen molar-refractivity contribution in [3.05, 3.63) is 44.5 Å². The maximum absolute atomic E-state index is 12.4. The van der Waals surface area contributed by atoms with E-state index in [1.54, 1.807) is 25.1 Å². The van der Waals surface area contributed by atoms with Crippen LogP contribution in [0.5, 0.6) is 0 Å². The first-order valence-corrected chi connectivity index (χ1v) is 9.07. The summed E-state index contributed by atoms with van der Waals surface area (Å²) in [5.41, 5.74) is 0.283. The van der Waals surface area contributed by atoms with Crippen LogP contribution in [-0.4, -0.2) is 45.5 Å². The molecule has 1 amide bonds. The van der Waals surface area contributed by atoms with E-state index in [0.29, 0.717) is 41.8 Å². The standard InChI is InChI=1S/C19H28N4O3/c1-6-22-16-8-7-14(11-15(16)21-18(25)19(22)26)17(24)20-9-10-23(12(2)3)13(4)5/h7-8,11-13H,6,9-10H2,1-5H3,(H,20,24)(H,21,25). The Balaban J connectivity index is 2.17. The number of rotatable bonds is 7. The Labute approximate surface area is 153 Å². The van der Waals surface area contributed by atoms with Gasteiger partial charge in [-0.15, -0.1) is 0 Å². The second-order valence-corrected chi connectivity index (χ2v) is 6.92. The highest BCUT2D eigenvalue weighted by atomic mass is 16.2. The number of aromatic amines is 1. The number of aromatic nitrogens is 2. The van der Waals surface area contributed by atoms with Gasteiger partial charge in [0.2, 0.25) is 0 Å². The zero-order chi connectivity index (χ0) is 19.4. The molecule has 0 aliphatic rings. The molecule has 0 bridgehead atoms. The van der Waals surface area contributed by atoms with Gasteiger partial charge < -0.3 is 14.9 Å². The third kappa shape index (κ3) is 4.22. The average Bonchev–Trinajstić information content (AvgIpc) is 2.58. The maximum atomic E-state index is 12.4. The normalized spacial score (nSPS) is 11.7. The molecule has 0 aliphatic carbocycles. The second kappa shape index (κ2) is 8.31. The van der Waals surface area contributed by atoms with Crippen LogP contribution in [-0.2, 0) is 6.54 Å². The molecule has 0 fully saturated rings. The zero-order valence-electron chi connectivity index (χ0n) is 16.1. The van der Waals surface area contributed by atoms with Crippen LogP contribution in [0.4, 0.5) is 0 Å².